The van der Waals surface area contributed by atoms with Gasteiger partial charge in [-0.1, -0.05) is 28.1 Å². The molecule has 1 heterocycles. The van der Waals surface area contributed by atoms with Crippen LogP contribution in [-0.2, 0) is 13.1 Å². The van der Waals surface area contributed by atoms with Gasteiger partial charge in [0.1, 0.15) is 0 Å². The van der Waals surface area contributed by atoms with Crippen molar-refractivity contribution >= 4 is 32.4 Å². The van der Waals surface area contributed by atoms with Crippen molar-refractivity contribution < 1.29 is 0 Å². The largest absolute Gasteiger partial charge is 0.362 e. The van der Waals surface area contributed by atoms with Crippen LogP contribution in [0.15, 0.2) is 34.9 Å². The van der Waals surface area contributed by atoms with Crippen molar-refractivity contribution in [3.63, 3.8) is 0 Å². The summed E-state index contributed by atoms with van der Waals surface area (Å²) < 4.78 is 1.13. The van der Waals surface area contributed by atoms with Crippen LogP contribution in [0, 0.1) is 0 Å². The highest BCUT2D eigenvalue weighted by Crippen LogP contribution is 2.20. The second-order valence-corrected chi connectivity index (χ2v) is 6.50. The van der Waals surface area contributed by atoms with Gasteiger partial charge in [-0.3, -0.25) is 4.90 Å². The smallest absolute Gasteiger partial charge is 0.182 e. The molecule has 0 aliphatic rings. The number of thiazole rings is 1. The number of anilines is 1. The minimum atomic E-state index is 0.917. The number of rotatable bonds is 6. The van der Waals surface area contributed by atoms with E-state index in [1.54, 1.807) is 11.3 Å². The molecule has 19 heavy (non-hydrogen) atoms. The van der Waals surface area contributed by atoms with Gasteiger partial charge in [0.25, 0.3) is 0 Å². The lowest BCUT2D eigenvalue weighted by atomic mass is 10.2. The lowest BCUT2D eigenvalue weighted by Crippen LogP contribution is -2.16. The Bertz CT molecular complexity index is 527. The van der Waals surface area contributed by atoms with Gasteiger partial charge in [-0.05, 0) is 31.7 Å². The van der Waals surface area contributed by atoms with Gasteiger partial charge < -0.3 is 5.32 Å². The molecule has 0 saturated carbocycles. The van der Waals surface area contributed by atoms with E-state index >= 15 is 0 Å². The lowest BCUT2D eigenvalue weighted by Gasteiger charge is -2.15. The van der Waals surface area contributed by atoms with Gasteiger partial charge in [0.2, 0.25) is 0 Å². The third-order valence-electron chi connectivity index (χ3n) is 2.65. The Hall–Kier alpha value is -0.910. The Morgan fingerprint density at radius 1 is 1.37 bits per heavy atom. The first-order valence-electron chi connectivity index (χ1n) is 6.29. The van der Waals surface area contributed by atoms with E-state index in [1.807, 2.05) is 6.20 Å². The van der Waals surface area contributed by atoms with Gasteiger partial charge in [0.05, 0.1) is 0 Å². The molecule has 0 aliphatic carbocycles. The quantitative estimate of drug-likeness (QED) is 0.862. The van der Waals surface area contributed by atoms with Gasteiger partial charge in [-0.15, -0.1) is 11.3 Å². The van der Waals surface area contributed by atoms with Crippen molar-refractivity contribution in [3.05, 3.63) is 45.4 Å². The average Bonchev–Trinajstić information content (AvgIpc) is 2.77. The Morgan fingerprint density at radius 3 is 2.95 bits per heavy atom. The Balaban J connectivity index is 1.91. The number of nitrogens with one attached hydrogen (secondary N) is 1. The zero-order chi connectivity index (χ0) is 13.7. The van der Waals surface area contributed by atoms with E-state index in [9.17, 15) is 0 Å². The minimum absolute atomic E-state index is 0.917. The van der Waals surface area contributed by atoms with Crippen LogP contribution in [0.3, 0.4) is 0 Å². The van der Waals surface area contributed by atoms with Crippen LogP contribution in [-0.4, -0.2) is 23.5 Å². The molecular weight excluding hydrogens is 322 g/mol. The molecule has 102 valence electrons. The Labute approximate surface area is 126 Å². The highest BCUT2D eigenvalue weighted by molar-refractivity contribution is 9.10. The fourth-order valence-corrected chi connectivity index (χ4v) is 3.29. The molecule has 2 rings (SSSR count). The molecular formula is C14H18BrN3S. The van der Waals surface area contributed by atoms with Gasteiger partial charge in [0.15, 0.2) is 5.13 Å². The number of hydrogen-bond acceptors (Lipinski definition) is 4. The van der Waals surface area contributed by atoms with Crippen LogP contribution in [0.5, 0.6) is 0 Å². The number of benzene rings is 1. The van der Waals surface area contributed by atoms with Crippen LogP contribution in [0.4, 0.5) is 5.13 Å². The van der Waals surface area contributed by atoms with E-state index in [-0.39, 0.29) is 0 Å². The van der Waals surface area contributed by atoms with E-state index in [2.05, 4.69) is 69.4 Å². The number of aromatic nitrogens is 1. The summed E-state index contributed by atoms with van der Waals surface area (Å²) in [6, 6.07) is 8.43. The molecule has 1 aromatic carbocycles. The van der Waals surface area contributed by atoms with Gasteiger partial charge in [0, 0.05) is 35.2 Å². The zero-order valence-corrected chi connectivity index (χ0v) is 13.6. The molecule has 3 nitrogen and oxygen atoms in total. The summed E-state index contributed by atoms with van der Waals surface area (Å²) in [6.45, 7) is 4.87. The first kappa shape index (κ1) is 14.5. The van der Waals surface area contributed by atoms with Crippen LogP contribution in [0.25, 0.3) is 0 Å². The van der Waals surface area contributed by atoms with Crippen LogP contribution >= 0.6 is 27.3 Å². The van der Waals surface area contributed by atoms with Crippen molar-refractivity contribution in [1.82, 2.24) is 9.88 Å². The molecule has 0 atom stereocenters. The molecule has 2 aromatic rings. The van der Waals surface area contributed by atoms with E-state index in [0.29, 0.717) is 0 Å². The van der Waals surface area contributed by atoms with E-state index < -0.39 is 0 Å². The molecule has 0 amide bonds. The topological polar surface area (TPSA) is 28.2 Å². The summed E-state index contributed by atoms with van der Waals surface area (Å²) in [5, 5.41) is 4.25. The van der Waals surface area contributed by atoms with Crippen molar-refractivity contribution in [1.29, 1.82) is 0 Å². The van der Waals surface area contributed by atoms with Crippen LogP contribution in [0.1, 0.15) is 17.4 Å². The summed E-state index contributed by atoms with van der Waals surface area (Å²) in [6.07, 6.45) is 1.96. The van der Waals surface area contributed by atoms with E-state index in [1.165, 1.54) is 10.4 Å². The predicted octanol–water partition coefficient (Wildman–Crippen LogP) is 3.97. The van der Waals surface area contributed by atoms with E-state index in [0.717, 1.165) is 29.2 Å². The molecule has 0 spiro atoms. The standard InChI is InChI=1S/C14H18BrN3S/c1-3-16-14-17-8-13(19-14)10-18(2)9-11-5-4-6-12(15)7-11/h4-8H,3,9-10H2,1-2H3,(H,16,17). The highest BCUT2D eigenvalue weighted by atomic mass is 79.9. The van der Waals surface area contributed by atoms with Gasteiger partial charge in [-0.2, -0.15) is 0 Å². The molecule has 0 bridgehead atoms. The Morgan fingerprint density at radius 2 is 2.21 bits per heavy atom. The molecule has 0 unspecified atom stereocenters. The van der Waals surface area contributed by atoms with Crippen LogP contribution < -0.4 is 5.32 Å². The van der Waals surface area contributed by atoms with Crippen molar-refractivity contribution in [2.75, 3.05) is 18.9 Å². The fourth-order valence-electron chi connectivity index (χ4n) is 1.88. The second kappa shape index (κ2) is 7.03. The highest BCUT2D eigenvalue weighted by Gasteiger charge is 2.06. The van der Waals surface area contributed by atoms with Gasteiger partial charge in [-0.25, -0.2) is 4.98 Å². The molecule has 1 N–H and O–H groups in total. The molecule has 0 fully saturated rings. The number of nitrogens with zero attached hydrogens (tertiary/aromatic N) is 2. The van der Waals surface area contributed by atoms with Crippen LogP contribution in [0.2, 0.25) is 0 Å². The van der Waals surface area contributed by atoms with Crippen molar-refractivity contribution in [3.8, 4) is 0 Å². The molecule has 0 radical (unpaired) electrons. The first-order valence-corrected chi connectivity index (χ1v) is 7.90. The minimum Gasteiger partial charge on any atom is -0.362 e. The summed E-state index contributed by atoms with van der Waals surface area (Å²) in [7, 11) is 2.13. The van der Waals surface area contributed by atoms with Crippen molar-refractivity contribution in [2.45, 2.75) is 20.0 Å². The number of hydrogen-bond donors (Lipinski definition) is 1. The third kappa shape index (κ3) is 4.60. The Kier molecular flexibility index (Phi) is 5.36. The molecule has 1 aromatic heterocycles. The summed E-state index contributed by atoms with van der Waals surface area (Å²) in [5.74, 6) is 0. The second-order valence-electron chi connectivity index (χ2n) is 4.46. The summed E-state index contributed by atoms with van der Waals surface area (Å²) in [4.78, 5) is 7.94. The summed E-state index contributed by atoms with van der Waals surface area (Å²) in [5.41, 5.74) is 1.31. The lowest BCUT2D eigenvalue weighted by molar-refractivity contribution is 0.322. The molecule has 0 aliphatic heterocycles. The fraction of sp³-hybridized carbons (Fsp3) is 0.357. The number of halogens is 1. The average molecular weight is 340 g/mol. The third-order valence-corrected chi connectivity index (χ3v) is 4.08. The molecule has 0 saturated heterocycles. The molecule has 5 heteroatoms. The maximum absolute atomic E-state index is 4.35. The zero-order valence-electron chi connectivity index (χ0n) is 11.2. The van der Waals surface area contributed by atoms with Crippen molar-refractivity contribution in [2.24, 2.45) is 0 Å². The normalized spacial score (nSPS) is 10.9. The monoisotopic (exact) mass is 339 g/mol. The predicted molar refractivity (Wildman–Crippen MR) is 85.6 cm³/mol. The maximum atomic E-state index is 4.35. The SMILES string of the molecule is CCNc1ncc(CN(C)Cc2cccc(Br)c2)s1. The van der Waals surface area contributed by atoms with E-state index in [4.69, 9.17) is 0 Å². The first-order chi connectivity index (χ1) is 9.17. The van der Waals surface area contributed by atoms with Gasteiger partial charge >= 0.3 is 0 Å². The summed E-state index contributed by atoms with van der Waals surface area (Å²) >= 11 is 5.23. The maximum Gasteiger partial charge on any atom is 0.182 e.